The Morgan fingerprint density at radius 3 is 2.60 bits per heavy atom. The number of aryl methyl sites for hydroxylation is 1. The third-order valence-electron chi connectivity index (χ3n) is 3.18. The van der Waals surface area contributed by atoms with Crippen LogP contribution < -0.4 is 10.1 Å². The lowest BCUT2D eigenvalue weighted by atomic mass is 10.1. The Bertz CT molecular complexity index is 585. The Morgan fingerprint density at radius 1 is 1.30 bits per heavy atom. The van der Waals surface area contributed by atoms with Crippen molar-refractivity contribution in [3.8, 4) is 5.75 Å². The van der Waals surface area contributed by atoms with Crippen molar-refractivity contribution in [3.05, 3.63) is 45.7 Å². The molecule has 1 N–H and O–H groups in total. The minimum Gasteiger partial charge on any atom is -0.497 e. The fraction of sp³-hybridized carbons (Fsp3) is 0.400. The zero-order valence-electron chi connectivity index (χ0n) is 12.1. The predicted octanol–water partition coefficient (Wildman–Crippen LogP) is 4.01. The van der Waals surface area contributed by atoms with Gasteiger partial charge in [-0.1, -0.05) is 6.07 Å². The zero-order valence-corrected chi connectivity index (χ0v) is 12.9. The van der Waals surface area contributed by atoms with E-state index < -0.39 is 0 Å². The predicted molar refractivity (Wildman–Crippen MR) is 79.8 cm³/mol. The molecule has 0 fully saturated rings. The first-order chi connectivity index (χ1) is 9.51. The molecule has 2 aromatic rings. The van der Waals surface area contributed by atoms with Crippen molar-refractivity contribution in [2.24, 2.45) is 0 Å². The first kappa shape index (κ1) is 14.9. The lowest BCUT2D eigenvalue weighted by Gasteiger charge is -2.19. The lowest BCUT2D eigenvalue weighted by molar-refractivity contribution is 0.408. The maximum Gasteiger partial charge on any atom is 0.131 e. The average molecular weight is 294 g/mol. The summed E-state index contributed by atoms with van der Waals surface area (Å²) < 4.78 is 19.0. The van der Waals surface area contributed by atoms with E-state index in [1.54, 1.807) is 23.5 Å². The van der Waals surface area contributed by atoms with E-state index in [0.29, 0.717) is 11.3 Å². The minimum atomic E-state index is -0.258. The van der Waals surface area contributed by atoms with Gasteiger partial charge in [0.05, 0.1) is 13.2 Å². The number of hydrogen-bond donors (Lipinski definition) is 1. The van der Waals surface area contributed by atoms with Crippen LogP contribution in [-0.2, 0) is 0 Å². The van der Waals surface area contributed by atoms with Crippen molar-refractivity contribution < 1.29 is 9.13 Å². The van der Waals surface area contributed by atoms with E-state index in [4.69, 9.17) is 4.74 Å². The first-order valence-corrected chi connectivity index (χ1v) is 7.34. The summed E-state index contributed by atoms with van der Waals surface area (Å²) in [6.07, 6.45) is 1.86. The van der Waals surface area contributed by atoms with Gasteiger partial charge in [0.15, 0.2) is 0 Å². The van der Waals surface area contributed by atoms with E-state index in [0.717, 1.165) is 5.01 Å². The molecule has 0 amide bonds. The van der Waals surface area contributed by atoms with Gasteiger partial charge < -0.3 is 10.1 Å². The van der Waals surface area contributed by atoms with Gasteiger partial charge in [-0.15, -0.1) is 11.3 Å². The highest BCUT2D eigenvalue weighted by Gasteiger charge is 2.16. The van der Waals surface area contributed by atoms with Gasteiger partial charge in [-0.2, -0.15) is 0 Å². The minimum absolute atomic E-state index is 0.0881. The number of rotatable bonds is 5. The lowest BCUT2D eigenvalue weighted by Crippen LogP contribution is -2.23. The second-order valence-corrected chi connectivity index (χ2v) is 6.07. The highest BCUT2D eigenvalue weighted by atomic mass is 32.1. The molecule has 0 spiro atoms. The Morgan fingerprint density at radius 2 is 2.05 bits per heavy atom. The number of halogens is 1. The van der Waals surface area contributed by atoms with E-state index in [1.165, 1.54) is 18.1 Å². The van der Waals surface area contributed by atoms with Crippen molar-refractivity contribution in [1.82, 2.24) is 10.3 Å². The first-order valence-electron chi connectivity index (χ1n) is 6.53. The monoisotopic (exact) mass is 294 g/mol. The van der Waals surface area contributed by atoms with Crippen molar-refractivity contribution in [2.45, 2.75) is 32.9 Å². The maximum atomic E-state index is 14.0. The third kappa shape index (κ3) is 3.35. The smallest absolute Gasteiger partial charge is 0.131 e. The van der Waals surface area contributed by atoms with Crippen molar-refractivity contribution >= 4 is 11.3 Å². The van der Waals surface area contributed by atoms with Crippen LogP contribution in [-0.4, -0.2) is 12.1 Å². The standard InChI is InChI=1S/C15H19FN2OS/c1-9-8-17-15(20-9)11(3)18-10(2)13-6-5-12(19-4)7-14(13)16/h5-8,10-11,18H,1-4H3. The molecule has 0 aliphatic heterocycles. The SMILES string of the molecule is COc1ccc(C(C)NC(C)c2ncc(C)s2)c(F)c1. The number of aromatic nitrogens is 1. The van der Waals surface area contributed by atoms with Crippen molar-refractivity contribution in [3.63, 3.8) is 0 Å². The van der Waals surface area contributed by atoms with E-state index in [9.17, 15) is 4.39 Å². The topological polar surface area (TPSA) is 34.1 Å². The van der Waals surface area contributed by atoms with Crippen LogP contribution in [0.2, 0.25) is 0 Å². The molecule has 3 nitrogen and oxygen atoms in total. The van der Waals surface area contributed by atoms with Gasteiger partial charge in [-0.05, 0) is 26.8 Å². The summed E-state index contributed by atoms with van der Waals surface area (Å²) in [4.78, 5) is 5.53. The van der Waals surface area contributed by atoms with Gasteiger partial charge in [0.25, 0.3) is 0 Å². The number of benzene rings is 1. The molecule has 1 heterocycles. The van der Waals surface area contributed by atoms with Crippen LogP contribution in [0.25, 0.3) is 0 Å². The van der Waals surface area contributed by atoms with Crippen LogP contribution in [0.15, 0.2) is 24.4 Å². The molecule has 0 saturated heterocycles. The summed E-state index contributed by atoms with van der Waals surface area (Å²) in [5.74, 6) is 0.272. The molecule has 0 aliphatic rings. The highest BCUT2D eigenvalue weighted by molar-refractivity contribution is 7.11. The second-order valence-electron chi connectivity index (χ2n) is 4.81. The van der Waals surface area contributed by atoms with E-state index in [-0.39, 0.29) is 17.9 Å². The molecule has 108 valence electrons. The normalized spacial score (nSPS) is 14.1. The molecule has 0 radical (unpaired) electrons. The summed E-state index contributed by atoms with van der Waals surface area (Å²) in [5, 5.41) is 4.39. The van der Waals surface area contributed by atoms with Crippen molar-refractivity contribution in [2.75, 3.05) is 7.11 Å². The van der Waals surface area contributed by atoms with Crippen LogP contribution >= 0.6 is 11.3 Å². The van der Waals surface area contributed by atoms with Gasteiger partial charge in [0.2, 0.25) is 0 Å². The summed E-state index contributed by atoms with van der Waals surface area (Å²) in [7, 11) is 1.53. The molecule has 1 aromatic heterocycles. The summed E-state index contributed by atoms with van der Waals surface area (Å²) in [6, 6.07) is 4.93. The molecule has 2 unspecified atom stereocenters. The molecular formula is C15H19FN2OS. The molecule has 0 saturated carbocycles. The van der Waals surface area contributed by atoms with E-state index >= 15 is 0 Å². The number of thiazole rings is 1. The Hall–Kier alpha value is -1.46. The third-order valence-corrected chi connectivity index (χ3v) is 4.28. The van der Waals surface area contributed by atoms with E-state index in [2.05, 4.69) is 10.3 Å². The quantitative estimate of drug-likeness (QED) is 0.904. The van der Waals surface area contributed by atoms with Crippen LogP contribution in [0.1, 0.15) is 41.4 Å². The summed E-state index contributed by atoms with van der Waals surface area (Å²) >= 11 is 1.66. The highest BCUT2D eigenvalue weighted by Crippen LogP contribution is 2.25. The summed E-state index contributed by atoms with van der Waals surface area (Å²) in [6.45, 7) is 6.01. The van der Waals surface area contributed by atoms with Crippen molar-refractivity contribution in [1.29, 1.82) is 0 Å². The second kappa shape index (κ2) is 6.33. The number of nitrogens with one attached hydrogen (secondary N) is 1. The molecule has 2 atom stereocenters. The molecule has 1 aromatic carbocycles. The number of nitrogens with zero attached hydrogens (tertiary/aromatic N) is 1. The van der Waals surface area contributed by atoms with E-state index in [1.807, 2.05) is 27.0 Å². The fourth-order valence-electron chi connectivity index (χ4n) is 2.09. The average Bonchev–Trinajstić information content (AvgIpc) is 2.85. The Kier molecular flexibility index (Phi) is 4.73. The van der Waals surface area contributed by atoms with Gasteiger partial charge in [0, 0.05) is 28.7 Å². The fourth-order valence-corrected chi connectivity index (χ4v) is 2.88. The molecule has 2 rings (SSSR count). The van der Waals surface area contributed by atoms with Crippen LogP contribution in [0.4, 0.5) is 4.39 Å². The zero-order chi connectivity index (χ0) is 14.7. The largest absolute Gasteiger partial charge is 0.497 e. The van der Waals surface area contributed by atoms with Crippen LogP contribution in [0.5, 0.6) is 5.75 Å². The molecule has 0 aliphatic carbocycles. The summed E-state index contributed by atoms with van der Waals surface area (Å²) in [5.41, 5.74) is 0.630. The van der Waals surface area contributed by atoms with Crippen LogP contribution in [0.3, 0.4) is 0 Å². The number of ether oxygens (including phenoxy) is 1. The number of hydrogen-bond acceptors (Lipinski definition) is 4. The van der Waals surface area contributed by atoms with Gasteiger partial charge in [0.1, 0.15) is 16.6 Å². The molecule has 5 heteroatoms. The number of methoxy groups -OCH3 is 1. The van der Waals surface area contributed by atoms with Gasteiger partial charge in [-0.3, -0.25) is 0 Å². The Balaban J connectivity index is 2.09. The molecular weight excluding hydrogens is 275 g/mol. The molecule has 0 bridgehead atoms. The molecule has 20 heavy (non-hydrogen) atoms. The Labute approximate surface area is 122 Å². The van der Waals surface area contributed by atoms with Gasteiger partial charge in [-0.25, -0.2) is 9.37 Å². The maximum absolute atomic E-state index is 14.0. The van der Waals surface area contributed by atoms with Crippen LogP contribution in [0, 0.1) is 12.7 Å². The van der Waals surface area contributed by atoms with Gasteiger partial charge >= 0.3 is 0 Å².